The molecule has 0 aliphatic rings. The van der Waals surface area contributed by atoms with Crippen molar-refractivity contribution in [2.75, 3.05) is 0 Å². The van der Waals surface area contributed by atoms with Gasteiger partial charge in [0.25, 0.3) is 0 Å². The van der Waals surface area contributed by atoms with Crippen LogP contribution in [0.3, 0.4) is 0 Å². The normalized spacial score (nSPS) is 11.9. The van der Waals surface area contributed by atoms with Gasteiger partial charge < -0.3 is 0 Å². The van der Waals surface area contributed by atoms with E-state index in [0.29, 0.717) is 0 Å². The molecule has 0 bridgehead atoms. The molecule has 0 aliphatic heterocycles. The van der Waals surface area contributed by atoms with Crippen LogP contribution in [0.25, 0.3) is 111 Å². The van der Waals surface area contributed by atoms with E-state index in [9.17, 15) is 0 Å². The zero-order valence-electron chi connectivity index (χ0n) is 60.3. The van der Waals surface area contributed by atoms with Gasteiger partial charge in [0.05, 0.1) is 0 Å². The largest absolute Gasteiger partial charge is 0.143 e. The van der Waals surface area contributed by atoms with Crippen LogP contribution in [0.4, 0.5) is 0 Å². The molecule has 0 aliphatic carbocycles. The minimum atomic E-state index is 1.13. The average molecular weight is 1510 g/mol. The van der Waals surface area contributed by atoms with Crippen LogP contribution in [0, 0.1) is 0 Å². The minimum absolute atomic E-state index is 1.13. The van der Waals surface area contributed by atoms with Crippen LogP contribution in [0.2, 0.25) is 0 Å². The fourth-order valence-electron chi connectivity index (χ4n) is 13.9. The predicted molar refractivity (Wildman–Crippen MR) is 462 cm³/mol. The molecule has 0 unspecified atom stereocenters. The maximum atomic E-state index is 2.58. The monoisotopic (exact) mass is 1500 g/mol. The summed E-state index contributed by atoms with van der Waals surface area (Å²) in [5, 5.41) is 4.60. The maximum absolute atomic E-state index is 2.58. The van der Waals surface area contributed by atoms with E-state index in [4.69, 9.17) is 0 Å². The quantitative estimate of drug-likeness (QED) is 0.0264. The number of hydrogen-bond donors (Lipinski definition) is 0. The number of rotatable bonds is 42. The molecule has 0 N–H and O–H groups in total. The van der Waals surface area contributed by atoms with E-state index in [0.717, 1.165) is 25.7 Å². The number of unbranched alkanes of at least 4 members (excludes halogenated alkanes) is 18. The first-order valence-electron chi connectivity index (χ1n) is 38.3. The molecule has 12 rings (SSSR count). The number of benzene rings is 2. The summed E-state index contributed by atoms with van der Waals surface area (Å²) in [5.41, 5.74) is 14.3. The highest BCUT2D eigenvalue weighted by Crippen LogP contribution is 2.52. The minimum Gasteiger partial charge on any atom is -0.143 e. The first-order valence-corrected chi connectivity index (χ1v) is 46.6. The van der Waals surface area contributed by atoms with Crippen molar-refractivity contribution in [3.63, 3.8) is 0 Å². The van der Waals surface area contributed by atoms with Crippen molar-refractivity contribution >= 4 is 126 Å². The van der Waals surface area contributed by atoms with E-state index in [-0.39, 0.29) is 0 Å². The van der Waals surface area contributed by atoms with Gasteiger partial charge >= 0.3 is 0 Å². The molecule has 12 aromatic rings. The van der Waals surface area contributed by atoms with Crippen LogP contribution in [0.1, 0.15) is 240 Å². The van der Waals surface area contributed by atoms with Crippen molar-refractivity contribution in [1.82, 2.24) is 0 Å². The highest BCUT2D eigenvalue weighted by Gasteiger charge is 2.23. The molecule has 0 radical (unpaired) electrons. The molecule has 0 spiro atoms. The van der Waals surface area contributed by atoms with E-state index in [1.54, 1.807) is 0 Å². The highest BCUT2D eigenvalue weighted by atomic mass is 32.1. The Bertz CT molecular complexity index is 4130. The molecular weight excluding hydrogens is 1400 g/mol. The van der Waals surface area contributed by atoms with Crippen LogP contribution in [0.5, 0.6) is 0 Å². The van der Waals surface area contributed by atoms with Crippen molar-refractivity contribution in [2.24, 2.45) is 0 Å². The first-order chi connectivity index (χ1) is 49.3. The Kier molecular flexibility index (Phi) is 29.1. The molecular formula is C90H104S10. The Balaban J connectivity index is 0.758. The number of thiophene rings is 10. The summed E-state index contributed by atoms with van der Waals surface area (Å²) >= 11 is 19.9. The molecule has 10 heteroatoms. The lowest BCUT2D eigenvalue weighted by Crippen LogP contribution is -1.87. The van der Waals surface area contributed by atoms with Gasteiger partial charge in [-0.05, 0) is 228 Å². The molecule has 0 fully saturated rings. The standard InChI is InChI=1S/C90H104S10/c1-7-13-19-25-31-65-55-57-91-87(65)77-51-47-73(93-77)75-49-53-79(95-75)89-71(35-29-23-17-11-5)61-83(99-89)81-59-69(33-27-21-15-9-3)85(97-81)67-43-39-63(40-44-67)37-38-64-41-45-68(46-42-64)86-70(34-28-22-16-10-4)60-82(98-86)84-62-72(36-30-24-18-12-6)90(100-84)80-54-50-76(96-80)74-48-52-78(94-74)88-66(56-58-92-88)32-26-20-14-8-2/h37-62H,7-36H2,1-6H3. The van der Waals surface area contributed by atoms with Gasteiger partial charge in [-0.25, -0.2) is 0 Å². The summed E-state index contributed by atoms with van der Waals surface area (Å²) < 4.78 is 0. The van der Waals surface area contributed by atoms with E-state index < -0.39 is 0 Å². The van der Waals surface area contributed by atoms with Crippen LogP contribution in [0.15, 0.2) is 144 Å². The molecule has 10 aromatic heterocycles. The Morgan fingerprint density at radius 2 is 0.460 bits per heavy atom. The summed E-state index contributed by atoms with van der Waals surface area (Å²) in [6.07, 6.45) is 42.4. The number of hydrogen-bond acceptors (Lipinski definition) is 10. The maximum Gasteiger partial charge on any atom is 0.0481 e. The molecule has 0 atom stereocenters. The smallest absolute Gasteiger partial charge is 0.0481 e. The molecule has 2 aromatic carbocycles. The van der Waals surface area contributed by atoms with Crippen molar-refractivity contribution in [2.45, 2.75) is 234 Å². The van der Waals surface area contributed by atoms with Gasteiger partial charge in [-0.15, -0.1) is 113 Å². The lowest BCUT2D eigenvalue weighted by molar-refractivity contribution is 0.668. The molecule has 100 heavy (non-hydrogen) atoms. The molecule has 0 amide bonds. The zero-order chi connectivity index (χ0) is 68.8. The van der Waals surface area contributed by atoms with Crippen molar-refractivity contribution < 1.29 is 0 Å². The molecule has 0 nitrogen and oxygen atoms in total. The molecule has 0 saturated heterocycles. The van der Waals surface area contributed by atoms with Gasteiger partial charge in [0.1, 0.15) is 0 Å². The topological polar surface area (TPSA) is 0 Å². The fraction of sp³-hybridized carbons (Fsp3) is 0.400. The summed E-state index contributed by atoms with van der Waals surface area (Å²) in [7, 11) is 0. The number of aryl methyl sites for hydroxylation is 6. The Morgan fingerprint density at radius 1 is 0.210 bits per heavy atom. The van der Waals surface area contributed by atoms with Crippen molar-refractivity contribution in [3.8, 4) is 98.9 Å². The zero-order valence-corrected chi connectivity index (χ0v) is 68.5. The second-order valence-electron chi connectivity index (χ2n) is 27.5. The van der Waals surface area contributed by atoms with Crippen LogP contribution < -0.4 is 0 Å². The van der Waals surface area contributed by atoms with E-state index in [1.165, 1.54) is 310 Å². The first kappa shape index (κ1) is 74.9. The highest BCUT2D eigenvalue weighted by molar-refractivity contribution is 7.31. The van der Waals surface area contributed by atoms with Crippen molar-refractivity contribution in [3.05, 3.63) is 189 Å². The Labute approximate surface area is 641 Å². The summed E-state index contributed by atoms with van der Waals surface area (Å²) in [5.74, 6) is 0. The lowest BCUT2D eigenvalue weighted by atomic mass is 10.0. The SMILES string of the molecule is CCCCCCc1cc(-c2cc(CCCCCC)c(-c3ccc(-c4ccc(-c5sccc5CCCCCC)s4)s3)s2)sc1-c1ccc(C=Cc2ccc(-c3sc(-c4cc(CCCCCC)c(-c5ccc(-c6ccc(-c7sccc7CCCCCC)s6)s5)s4)cc3CCCCCC)cc2)cc1. The van der Waals surface area contributed by atoms with Crippen LogP contribution in [-0.4, -0.2) is 0 Å². The molecule has 0 saturated carbocycles. The van der Waals surface area contributed by atoms with Gasteiger partial charge in [0.2, 0.25) is 0 Å². The average Bonchev–Trinajstić information content (AvgIpc) is 1.64. The summed E-state index contributed by atoms with van der Waals surface area (Å²) in [6, 6.07) is 53.2. The van der Waals surface area contributed by atoms with E-state index in [1.807, 2.05) is 113 Å². The van der Waals surface area contributed by atoms with Crippen LogP contribution >= 0.6 is 113 Å². The van der Waals surface area contributed by atoms with Crippen molar-refractivity contribution in [1.29, 1.82) is 0 Å². The molecule has 10 heterocycles. The van der Waals surface area contributed by atoms with Gasteiger partial charge in [-0.1, -0.05) is 218 Å². The molecule has 524 valence electrons. The Hall–Kier alpha value is -4.82. The van der Waals surface area contributed by atoms with Crippen LogP contribution in [-0.2, 0) is 38.5 Å². The third-order valence-electron chi connectivity index (χ3n) is 19.6. The fourth-order valence-corrected chi connectivity index (χ4v) is 25.6. The third kappa shape index (κ3) is 19.8. The van der Waals surface area contributed by atoms with Gasteiger partial charge in [0, 0.05) is 87.8 Å². The van der Waals surface area contributed by atoms with Gasteiger partial charge in [0.15, 0.2) is 0 Å². The van der Waals surface area contributed by atoms with Gasteiger partial charge in [-0.2, -0.15) is 0 Å². The van der Waals surface area contributed by atoms with E-state index in [2.05, 4.69) is 198 Å². The Morgan fingerprint density at radius 3 is 0.750 bits per heavy atom. The lowest BCUT2D eigenvalue weighted by Gasteiger charge is -2.06. The second kappa shape index (κ2) is 38.8. The van der Waals surface area contributed by atoms with Gasteiger partial charge in [-0.3, -0.25) is 0 Å². The summed E-state index contributed by atoms with van der Waals surface area (Å²) in [6.45, 7) is 13.9. The van der Waals surface area contributed by atoms with E-state index >= 15 is 0 Å². The summed E-state index contributed by atoms with van der Waals surface area (Å²) in [4.78, 5) is 25.8. The predicted octanol–water partition coefficient (Wildman–Crippen LogP) is 33.9. The second-order valence-corrected chi connectivity index (χ2v) is 37.9. The third-order valence-corrected chi connectivity index (χ3v) is 32.2.